The Labute approximate surface area is 190 Å². The molecule has 0 radical (unpaired) electrons. The van der Waals surface area contributed by atoms with Crippen LogP contribution in [0.3, 0.4) is 0 Å². The number of para-hydroxylation sites is 1. The van der Waals surface area contributed by atoms with Crippen molar-refractivity contribution in [1.29, 1.82) is 0 Å². The number of hydrogen-bond donors (Lipinski definition) is 0. The molecule has 0 saturated heterocycles. The SMILES string of the molecule is CCCn1nc(C(=O)OCC(=O)N(CC(=O)OCC)c2ccccc2)c2ccccc2c1=O. The summed E-state index contributed by atoms with van der Waals surface area (Å²) in [5, 5.41) is 4.86. The lowest BCUT2D eigenvalue weighted by Crippen LogP contribution is -2.39. The van der Waals surface area contributed by atoms with Gasteiger partial charge in [-0.15, -0.1) is 0 Å². The minimum atomic E-state index is -0.839. The summed E-state index contributed by atoms with van der Waals surface area (Å²) in [4.78, 5) is 51.5. The maximum Gasteiger partial charge on any atom is 0.359 e. The van der Waals surface area contributed by atoms with Crippen molar-refractivity contribution in [2.24, 2.45) is 0 Å². The summed E-state index contributed by atoms with van der Waals surface area (Å²) in [7, 11) is 0. The zero-order valence-corrected chi connectivity index (χ0v) is 18.5. The lowest BCUT2D eigenvalue weighted by atomic mass is 10.1. The van der Waals surface area contributed by atoms with Gasteiger partial charge >= 0.3 is 11.9 Å². The van der Waals surface area contributed by atoms with Crippen molar-refractivity contribution < 1.29 is 23.9 Å². The summed E-state index contributed by atoms with van der Waals surface area (Å²) in [6, 6.07) is 15.2. The molecule has 9 heteroatoms. The van der Waals surface area contributed by atoms with E-state index in [1.807, 2.05) is 6.92 Å². The second-order valence-corrected chi connectivity index (χ2v) is 7.12. The van der Waals surface area contributed by atoms with Gasteiger partial charge < -0.3 is 9.47 Å². The number of rotatable bonds is 9. The van der Waals surface area contributed by atoms with Crippen molar-refractivity contribution in [2.75, 3.05) is 24.7 Å². The first kappa shape index (κ1) is 23.6. The number of aromatic nitrogens is 2. The molecule has 0 bridgehead atoms. The van der Waals surface area contributed by atoms with Gasteiger partial charge in [0.05, 0.1) is 12.0 Å². The molecule has 0 N–H and O–H groups in total. The van der Waals surface area contributed by atoms with Gasteiger partial charge in [0.1, 0.15) is 6.54 Å². The molecule has 3 rings (SSSR count). The number of carbonyl (C=O) groups is 3. The van der Waals surface area contributed by atoms with Crippen LogP contribution < -0.4 is 10.5 Å². The van der Waals surface area contributed by atoms with Crippen molar-refractivity contribution in [3.8, 4) is 0 Å². The number of fused-ring (bicyclic) bond motifs is 1. The van der Waals surface area contributed by atoms with Crippen LogP contribution in [0.4, 0.5) is 5.69 Å². The fourth-order valence-electron chi connectivity index (χ4n) is 3.29. The zero-order valence-electron chi connectivity index (χ0n) is 18.5. The molecule has 0 aliphatic carbocycles. The Morgan fingerprint density at radius 1 is 0.939 bits per heavy atom. The van der Waals surface area contributed by atoms with E-state index in [0.717, 1.165) is 0 Å². The Hall–Kier alpha value is -4.01. The van der Waals surface area contributed by atoms with Gasteiger partial charge in [-0.1, -0.05) is 43.3 Å². The summed E-state index contributed by atoms with van der Waals surface area (Å²) in [6.07, 6.45) is 0.651. The van der Waals surface area contributed by atoms with E-state index in [9.17, 15) is 19.2 Å². The van der Waals surface area contributed by atoms with Crippen LogP contribution in [0.15, 0.2) is 59.4 Å². The molecular weight excluding hydrogens is 426 g/mol. The van der Waals surface area contributed by atoms with E-state index < -0.39 is 24.5 Å². The highest BCUT2D eigenvalue weighted by molar-refractivity contribution is 6.04. The van der Waals surface area contributed by atoms with E-state index in [0.29, 0.717) is 29.4 Å². The highest BCUT2D eigenvalue weighted by atomic mass is 16.5. The van der Waals surface area contributed by atoms with Gasteiger partial charge in [-0.2, -0.15) is 5.10 Å². The highest BCUT2D eigenvalue weighted by Crippen LogP contribution is 2.16. The Morgan fingerprint density at radius 2 is 1.61 bits per heavy atom. The predicted octanol–water partition coefficient (Wildman–Crippen LogP) is 2.56. The highest BCUT2D eigenvalue weighted by Gasteiger charge is 2.23. The second kappa shape index (κ2) is 11.0. The minimum Gasteiger partial charge on any atom is -0.465 e. The molecule has 0 aliphatic rings. The zero-order chi connectivity index (χ0) is 23.8. The van der Waals surface area contributed by atoms with Crippen molar-refractivity contribution in [3.05, 3.63) is 70.6 Å². The van der Waals surface area contributed by atoms with Crippen LogP contribution in [0.5, 0.6) is 0 Å². The number of ether oxygens (including phenoxy) is 2. The summed E-state index contributed by atoms with van der Waals surface area (Å²) in [5.41, 5.74) is 0.111. The van der Waals surface area contributed by atoms with E-state index in [1.54, 1.807) is 61.5 Å². The molecule has 1 heterocycles. The quantitative estimate of drug-likeness (QED) is 0.460. The largest absolute Gasteiger partial charge is 0.465 e. The number of nitrogens with zero attached hydrogens (tertiary/aromatic N) is 3. The van der Waals surface area contributed by atoms with Crippen LogP contribution >= 0.6 is 0 Å². The van der Waals surface area contributed by atoms with E-state index in [2.05, 4.69) is 5.10 Å². The molecule has 1 amide bonds. The van der Waals surface area contributed by atoms with Crippen LogP contribution in [0.1, 0.15) is 30.8 Å². The molecule has 0 spiro atoms. The lowest BCUT2D eigenvalue weighted by Gasteiger charge is -2.21. The van der Waals surface area contributed by atoms with Crippen molar-refractivity contribution in [3.63, 3.8) is 0 Å². The number of amides is 1. The fraction of sp³-hybridized carbons (Fsp3) is 0.292. The average Bonchev–Trinajstić information content (AvgIpc) is 2.83. The number of aryl methyl sites for hydroxylation is 1. The monoisotopic (exact) mass is 451 g/mol. The van der Waals surface area contributed by atoms with Gasteiger partial charge in [-0.05, 0) is 31.5 Å². The van der Waals surface area contributed by atoms with Gasteiger partial charge in [-0.3, -0.25) is 19.3 Å². The fourth-order valence-corrected chi connectivity index (χ4v) is 3.29. The molecule has 0 atom stereocenters. The summed E-state index contributed by atoms with van der Waals surface area (Å²) >= 11 is 0. The lowest BCUT2D eigenvalue weighted by molar-refractivity contribution is -0.142. The second-order valence-electron chi connectivity index (χ2n) is 7.12. The van der Waals surface area contributed by atoms with Crippen LogP contribution in [0.25, 0.3) is 10.8 Å². The normalized spacial score (nSPS) is 10.6. The van der Waals surface area contributed by atoms with Gasteiger partial charge in [0.15, 0.2) is 12.3 Å². The Morgan fingerprint density at radius 3 is 2.27 bits per heavy atom. The van der Waals surface area contributed by atoms with Crippen LogP contribution in [-0.2, 0) is 25.6 Å². The number of benzene rings is 2. The molecule has 0 aliphatic heterocycles. The predicted molar refractivity (Wildman–Crippen MR) is 122 cm³/mol. The third-order valence-corrected chi connectivity index (χ3v) is 4.78. The number of esters is 2. The first-order chi connectivity index (χ1) is 16.0. The first-order valence-corrected chi connectivity index (χ1v) is 10.6. The van der Waals surface area contributed by atoms with Gasteiger partial charge in [0, 0.05) is 17.6 Å². The Bertz CT molecular complexity index is 1210. The summed E-state index contributed by atoms with van der Waals surface area (Å²) in [6.45, 7) is 3.14. The average molecular weight is 451 g/mol. The Kier molecular flexibility index (Phi) is 7.91. The standard InChI is InChI=1S/C24H25N3O6/c1-3-14-27-23(30)19-13-9-8-12-18(19)22(25-27)24(31)33-16-20(28)26(15-21(29)32-4-2)17-10-6-5-7-11-17/h5-13H,3-4,14-16H2,1-2H3. The number of carbonyl (C=O) groups excluding carboxylic acids is 3. The van der Waals surface area contributed by atoms with E-state index in [-0.39, 0.29) is 24.4 Å². The van der Waals surface area contributed by atoms with Gasteiger partial charge in [-0.25, -0.2) is 9.48 Å². The summed E-state index contributed by atoms with van der Waals surface area (Å²) in [5.74, 6) is -2.03. The van der Waals surface area contributed by atoms with E-state index >= 15 is 0 Å². The van der Waals surface area contributed by atoms with Crippen LogP contribution in [-0.4, -0.2) is 47.4 Å². The molecule has 3 aromatic rings. The van der Waals surface area contributed by atoms with Crippen LogP contribution in [0.2, 0.25) is 0 Å². The van der Waals surface area contributed by atoms with Crippen molar-refractivity contribution in [2.45, 2.75) is 26.8 Å². The molecular formula is C24H25N3O6. The molecule has 0 unspecified atom stereocenters. The molecule has 1 aromatic heterocycles. The van der Waals surface area contributed by atoms with E-state index in [4.69, 9.17) is 9.47 Å². The third-order valence-electron chi connectivity index (χ3n) is 4.78. The topological polar surface area (TPSA) is 108 Å². The maximum absolute atomic E-state index is 12.9. The molecule has 0 saturated carbocycles. The van der Waals surface area contributed by atoms with Gasteiger partial charge in [0.25, 0.3) is 11.5 Å². The first-order valence-electron chi connectivity index (χ1n) is 10.6. The maximum atomic E-state index is 12.9. The Balaban J connectivity index is 1.83. The van der Waals surface area contributed by atoms with Crippen LogP contribution in [0, 0.1) is 0 Å². The minimum absolute atomic E-state index is 0.0527. The molecule has 2 aromatic carbocycles. The molecule has 172 valence electrons. The summed E-state index contributed by atoms with van der Waals surface area (Å²) < 4.78 is 11.4. The number of anilines is 1. The number of hydrogen-bond acceptors (Lipinski definition) is 7. The molecule has 0 fully saturated rings. The van der Waals surface area contributed by atoms with E-state index in [1.165, 1.54) is 9.58 Å². The third kappa shape index (κ3) is 5.62. The molecule has 9 nitrogen and oxygen atoms in total. The smallest absolute Gasteiger partial charge is 0.359 e. The van der Waals surface area contributed by atoms with Gasteiger partial charge in [0.2, 0.25) is 0 Å². The van der Waals surface area contributed by atoms with Crippen molar-refractivity contribution in [1.82, 2.24) is 9.78 Å². The molecule has 33 heavy (non-hydrogen) atoms. The van der Waals surface area contributed by atoms with Crippen molar-refractivity contribution >= 4 is 34.3 Å².